The lowest BCUT2D eigenvalue weighted by Gasteiger charge is -2.06. The maximum absolute atomic E-state index is 12.6. The van der Waals surface area contributed by atoms with Gasteiger partial charge in [-0.15, -0.1) is 0 Å². The van der Waals surface area contributed by atoms with Crippen LogP contribution in [0.3, 0.4) is 0 Å². The number of hydrogen-bond donors (Lipinski definition) is 0. The molecule has 0 atom stereocenters. The predicted molar refractivity (Wildman–Crippen MR) is 57.1 cm³/mol. The van der Waals surface area contributed by atoms with Gasteiger partial charge in [-0.2, -0.15) is 18.3 Å². The van der Waals surface area contributed by atoms with Crippen LogP contribution in [0, 0.1) is 0 Å². The van der Waals surface area contributed by atoms with Crippen LogP contribution in [0.2, 0.25) is 0 Å². The zero-order chi connectivity index (χ0) is 13.5. The van der Waals surface area contributed by atoms with Gasteiger partial charge in [0.1, 0.15) is 0 Å². The Hall–Kier alpha value is -2.05. The monoisotopic (exact) mass is 258 g/mol. The van der Waals surface area contributed by atoms with Crippen molar-refractivity contribution >= 4 is 16.9 Å². The molecule has 0 fully saturated rings. The fourth-order valence-electron chi connectivity index (χ4n) is 1.68. The molecule has 0 N–H and O–H groups in total. The Morgan fingerprint density at radius 1 is 1.39 bits per heavy atom. The van der Waals surface area contributed by atoms with Crippen molar-refractivity contribution in [1.82, 2.24) is 9.78 Å². The van der Waals surface area contributed by atoms with Gasteiger partial charge in [0.05, 0.1) is 18.2 Å². The summed E-state index contributed by atoms with van der Waals surface area (Å²) in [6.45, 7) is 0. The first-order valence-corrected chi connectivity index (χ1v) is 4.97. The van der Waals surface area contributed by atoms with Crippen LogP contribution in [0.15, 0.2) is 18.2 Å². The summed E-state index contributed by atoms with van der Waals surface area (Å²) in [6.07, 6.45) is -4.43. The molecule has 0 spiro atoms. The van der Waals surface area contributed by atoms with E-state index in [2.05, 4.69) is 9.84 Å². The molecule has 0 radical (unpaired) electrons. The average Bonchev–Trinajstić information content (AvgIpc) is 2.64. The van der Waals surface area contributed by atoms with Gasteiger partial charge in [-0.3, -0.25) is 4.68 Å². The highest BCUT2D eigenvalue weighted by molar-refractivity contribution is 6.02. The van der Waals surface area contributed by atoms with Crippen LogP contribution in [0.4, 0.5) is 13.2 Å². The first-order valence-electron chi connectivity index (χ1n) is 4.97. The number of fused-ring (bicyclic) bond motifs is 1. The SMILES string of the molecule is COC(=O)c1nn(C)c2cc(C(F)(F)F)ccc12. The Kier molecular flexibility index (Phi) is 2.76. The summed E-state index contributed by atoms with van der Waals surface area (Å²) >= 11 is 0. The number of hydrogen-bond acceptors (Lipinski definition) is 3. The molecule has 0 aliphatic carbocycles. The first-order chi connectivity index (χ1) is 8.34. The van der Waals surface area contributed by atoms with Gasteiger partial charge < -0.3 is 4.74 Å². The lowest BCUT2D eigenvalue weighted by atomic mass is 10.1. The summed E-state index contributed by atoms with van der Waals surface area (Å²) in [5, 5.41) is 4.19. The number of ether oxygens (including phenoxy) is 1. The molecule has 0 saturated carbocycles. The topological polar surface area (TPSA) is 44.1 Å². The quantitative estimate of drug-likeness (QED) is 0.737. The number of carbonyl (C=O) groups is 1. The fourth-order valence-corrected chi connectivity index (χ4v) is 1.68. The van der Waals surface area contributed by atoms with Crippen molar-refractivity contribution in [3.63, 3.8) is 0 Å². The molecular formula is C11H9F3N2O2. The maximum atomic E-state index is 12.6. The number of alkyl halides is 3. The third kappa shape index (κ3) is 1.92. The van der Waals surface area contributed by atoms with E-state index in [0.29, 0.717) is 5.39 Å². The summed E-state index contributed by atoms with van der Waals surface area (Å²) in [4.78, 5) is 11.4. The van der Waals surface area contributed by atoms with Crippen LogP contribution in [-0.4, -0.2) is 22.9 Å². The molecule has 0 aliphatic heterocycles. The maximum Gasteiger partial charge on any atom is 0.416 e. The smallest absolute Gasteiger partial charge is 0.416 e. The Balaban J connectivity index is 2.66. The normalized spacial score (nSPS) is 11.8. The Morgan fingerprint density at radius 3 is 2.61 bits per heavy atom. The summed E-state index contributed by atoms with van der Waals surface area (Å²) in [5.74, 6) is -0.680. The minimum absolute atomic E-state index is 0.00345. The third-order valence-corrected chi connectivity index (χ3v) is 2.56. The van der Waals surface area contributed by atoms with Crippen molar-refractivity contribution in [2.24, 2.45) is 7.05 Å². The molecule has 0 unspecified atom stereocenters. The van der Waals surface area contributed by atoms with Crippen LogP contribution in [-0.2, 0) is 18.0 Å². The van der Waals surface area contributed by atoms with Gasteiger partial charge >= 0.3 is 12.1 Å². The Bertz CT molecular complexity index is 617. The van der Waals surface area contributed by atoms with Crippen LogP contribution in [0.5, 0.6) is 0 Å². The van der Waals surface area contributed by atoms with Crippen LogP contribution < -0.4 is 0 Å². The summed E-state index contributed by atoms with van der Waals surface area (Å²) in [5.41, 5.74) is -0.552. The summed E-state index contributed by atoms with van der Waals surface area (Å²) < 4.78 is 43.4. The van der Waals surface area contributed by atoms with Crippen LogP contribution in [0.1, 0.15) is 16.1 Å². The van der Waals surface area contributed by atoms with E-state index in [1.54, 1.807) is 0 Å². The van der Waals surface area contributed by atoms with Gasteiger partial charge in [-0.05, 0) is 18.2 Å². The largest absolute Gasteiger partial charge is 0.464 e. The first kappa shape index (κ1) is 12.4. The molecule has 2 rings (SSSR count). The number of carbonyl (C=O) groups excluding carboxylic acids is 1. The summed E-state index contributed by atoms with van der Waals surface area (Å²) in [6, 6.07) is 3.09. The lowest BCUT2D eigenvalue weighted by Crippen LogP contribution is -2.04. The van der Waals surface area contributed by atoms with Gasteiger partial charge in [0.15, 0.2) is 5.69 Å². The molecule has 1 aromatic carbocycles. The molecule has 0 amide bonds. The molecule has 7 heteroatoms. The second-order valence-corrected chi connectivity index (χ2v) is 3.69. The molecule has 1 aromatic heterocycles. The summed E-state index contributed by atoms with van der Waals surface area (Å²) in [7, 11) is 2.65. The van der Waals surface area contributed by atoms with Crippen molar-refractivity contribution in [3.8, 4) is 0 Å². The van der Waals surface area contributed by atoms with Crippen LogP contribution in [0.25, 0.3) is 10.9 Å². The Labute approximate surface area is 100.0 Å². The number of aromatic nitrogens is 2. The standard InChI is InChI=1S/C11H9F3N2O2/c1-16-8-5-6(11(12,13)14)3-4-7(8)9(15-16)10(17)18-2/h3-5H,1-2H3. The highest BCUT2D eigenvalue weighted by Crippen LogP contribution is 2.32. The molecule has 2 aromatic rings. The highest BCUT2D eigenvalue weighted by Gasteiger charge is 2.31. The number of methoxy groups -OCH3 is 1. The van der Waals surface area contributed by atoms with E-state index in [9.17, 15) is 18.0 Å². The lowest BCUT2D eigenvalue weighted by molar-refractivity contribution is -0.137. The molecule has 4 nitrogen and oxygen atoms in total. The van der Waals surface area contributed by atoms with E-state index in [-0.39, 0.29) is 11.2 Å². The third-order valence-electron chi connectivity index (χ3n) is 2.56. The van der Waals surface area contributed by atoms with Gasteiger partial charge in [0.2, 0.25) is 0 Å². The Morgan fingerprint density at radius 2 is 2.06 bits per heavy atom. The molecule has 0 aliphatic rings. The number of halogens is 3. The van der Waals surface area contributed by atoms with E-state index >= 15 is 0 Å². The number of aryl methyl sites for hydroxylation is 1. The molecule has 18 heavy (non-hydrogen) atoms. The van der Waals surface area contributed by atoms with Gasteiger partial charge in [0.25, 0.3) is 0 Å². The second-order valence-electron chi connectivity index (χ2n) is 3.69. The highest BCUT2D eigenvalue weighted by atomic mass is 19.4. The van der Waals surface area contributed by atoms with Crippen molar-refractivity contribution in [2.75, 3.05) is 7.11 Å². The predicted octanol–water partition coefficient (Wildman–Crippen LogP) is 2.38. The zero-order valence-electron chi connectivity index (χ0n) is 9.58. The molecule has 1 heterocycles. The van der Waals surface area contributed by atoms with E-state index in [1.807, 2.05) is 0 Å². The number of esters is 1. The fraction of sp³-hybridized carbons (Fsp3) is 0.273. The van der Waals surface area contributed by atoms with Gasteiger partial charge in [0, 0.05) is 12.4 Å². The van der Waals surface area contributed by atoms with E-state index in [4.69, 9.17) is 0 Å². The number of nitrogens with zero attached hydrogens (tertiary/aromatic N) is 2. The second kappa shape index (κ2) is 4.01. The van der Waals surface area contributed by atoms with Crippen LogP contribution >= 0.6 is 0 Å². The minimum Gasteiger partial charge on any atom is -0.464 e. The van der Waals surface area contributed by atoms with E-state index in [0.717, 1.165) is 12.1 Å². The molecule has 0 saturated heterocycles. The van der Waals surface area contributed by atoms with Crippen molar-refractivity contribution in [2.45, 2.75) is 6.18 Å². The van der Waals surface area contributed by atoms with Gasteiger partial charge in [-0.1, -0.05) is 0 Å². The van der Waals surface area contributed by atoms with Crippen molar-refractivity contribution < 1.29 is 22.7 Å². The molecule has 96 valence electrons. The van der Waals surface area contributed by atoms with E-state index < -0.39 is 17.7 Å². The average molecular weight is 258 g/mol. The molecular weight excluding hydrogens is 249 g/mol. The number of benzene rings is 1. The molecule has 0 bridgehead atoms. The van der Waals surface area contributed by atoms with E-state index in [1.165, 1.54) is 24.9 Å². The number of rotatable bonds is 1. The van der Waals surface area contributed by atoms with Crippen molar-refractivity contribution in [3.05, 3.63) is 29.5 Å². The van der Waals surface area contributed by atoms with Gasteiger partial charge in [-0.25, -0.2) is 4.79 Å². The zero-order valence-corrected chi connectivity index (χ0v) is 9.58. The minimum atomic E-state index is -4.43. The van der Waals surface area contributed by atoms with Crippen molar-refractivity contribution in [1.29, 1.82) is 0 Å².